The molecule has 4 aromatic carbocycles. The number of hydrogen-bond donors (Lipinski definition) is 1. The first-order chi connectivity index (χ1) is 21.9. The number of carbonyl (C=O) groups is 2. The summed E-state index contributed by atoms with van der Waals surface area (Å²) >= 11 is 12.5. The first-order valence-electron chi connectivity index (χ1n) is 14.7. The zero-order valence-corrected chi connectivity index (χ0v) is 28.4. The first-order valence-corrected chi connectivity index (χ1v) is 16.9. The summed E-state index contributed by atoms with van der Waals surface area (Å²) in [6.45, 7) is 4.96. The van der Waals surface area contributed by atoms with E-state index in [9.17, 15) is 18.0 Å². The lowest BCUT2D eigenvalue weighted by Gasteiger charge is -2.34. The van der Waals surface area contributed by atoms with Gasteiger partial charge in [-0.05, 0) is 80.4 Å². The van der Waals surface area contributed by atoms with Crippen molar-refractivity contribution in [3.05, 3.63) is 124 Å². The summed E-state index contributed by atoms with van der Waals surface area (Å²) in [7, 11) is -2.75. The van der Waals surface area contributed by atoms with Crippen LogP contribution in [0.3, 0.4) is 0 Å². The molecule has 0 aliphatic rings. The molecule has 0 unspecified atom stereocenters. The minimum atomic E-state index is -4.24. The Morgan fingerprint density at radius 3 is 2.09 bits per heavy atom. The van der Waals surface area contributed by atoms with Gasteiger partial charge >= 0.3 is 0 Å². The van der Waals surface area contributed by atoms with Gasteiger partial charge in [0.2, 0.25) is 11.8 Å². The molecule has 0 bridgehead atoms. The van der Waals surface area contributed by atoms with Gasteiger partial charge in [-0.25, -0.2) is 8.42 Å². The van der Waals surface area contributed by atoms with Crippen LogP contribution in [0.15, 0.2) is 102 Å². The van der Waals surface area contributed by atoms with Crippen LogP contribution >= 0.6 is 23.2 Å². The Balaban J connectivity index is 1.81. The topological polar surface area (TPSA) is 96.0 Å². The third-order valence-corrected chi connectivity index (χ3v) is 9.81. The number of halogens is 2. The van der Waals surface area contributed by atoms with Crippen LogP contribution in [0.25, 0.3) is 0 Å². The minimum absolute atomic E-state index is 0.0175. The van der Waals surface area contributed by atoms with Crippen molar-refractivity contribution in [3.8, 4) is 5.75 Å². The number of aryl methyl sites for hydroxylation is 1. The van der Waals surface area contributed by atoms with Crippen LogP contribution in [0.4, 0.5) is 5.69 Å². The molecular formula is C35H37Cl2N3O5S. The lowest BCUT2D eigenvalue weighted by atomic mass is 10.0. The van der Waals surface area contributed by atoms with Crippen molar-refractivity contribution in [1.82, 2.24) is 10.2 Å². The maximum absolute atomic E-state index is 14.5. The second-order valence-electron chi connectivity index (χ2n) is 11.2. The zero-order valence-electron chi connectivity index (χ0n) is 26.1. The van der Waals surface area contributed by atoms with E-state index in [1.807, 2.05) is 51.1 Å². The monoisotopic (exact) mass is 681 g/mol. The normalized spacial score (nSPS) is 12.0. The number of benzene rings is 4. The summed E-state index contributed by atoms with van der Waals surface area (Å²) < 4.78 is 34.6. The van der Waals surface area contributed by atoms with Crippen LogP contribution in [-0.2, 0) is 32.6 Å². The van der Waals surface area contributed by atoms with Gasteiger partial charge in [0, 0.05) is 19.0 Å². The highest BCUT2D eigenvalue weighted by Crippen LogP contribution is 2.28. The van der Waals surface area contributed by atoms with Crippen LogP contribution in [0, 0.1) is 6.92 Å². The highest BCUT2D eigenvalue weighted by atomic mass is 35.5. The average molecular weight is 683 g/mol. The highest BCUT2D eigenvalue weighted by Gasteiger charge is 2.35. The third kappa shape index (κ3) is 8.81. The van der Waals surface area contributed by atoms with Crippen molar-refractivity contribution in [2.45, 2.75) is 50.7 Å². The lowest BCUT2D eigenvalue weighted by Crippen LogP contribution is -2.54. The number of nitrogens with zero attached hydrogens (tertiary/aromatic N) is 2. The number of ether oxygens (including phenoxy) is 1. The Labute approximate surface area is 280 Å². The fraction of sp³-hybridized carbons (Fsp3) is 0.257. The molecule has 0 saturated heterocycles. The van der Waals surface area contributed by atoms with Crippen molar-refractivity contribution >= 4 is 50.7 Å². The Kier molecular flexibility index (Phi) is 11.7. The number of amides is 2. The van der Waals surface area contributed by atoms with E-state index in [4.69, 9.17) is 27.9 Å². The molecule has 0 fully saturated rings. The number of hydrogen-bond acceptors (Lipinski definition) is 5. The van der Waals surface area contributed by atoms with E-state index in [0.29, 0.717) is 27.0 Å². The van der Waals surface area contributed by atoms with E-state index in [1.54, 1.807) is 54.6 Å². The van der Waals surface area contributed by atoms with Gasteiger partial charge in [-0.1, -0.05) is 77.3 Å². The van der Waals surface area contributed by atoms with E-state index < -0.39 is 28.5 Å². The minimum Gasteiger partial charge on any atom is -0.497 e. The van der Waals surface area contributed by atoms with E-state index in [-0.39, 0.29) is 29.8 Å². The van der Waals surface area contributed by atoms with Crippen molar-refractivity contribution < 1.29 is 22.7 Å². The van der Waals surface area contributed by atoms with Crippen LogP contribution in [0.2, 0.25) is 10.0 Å². The molecule has 4 rings (SSSR count). The van der Waals surface area contributed by atoms with Crippen LogP contribution in [-0.4, -0.2) is 50.9 Å². The Bertz CT molecular complexity index is 1750. The molecule has 0 aliphatic heterocycles. The third-order valence-electron chi connectivity index (χ3n) is 7.29. The lowest BCUT2D eigenvalue weighted by molar-refractivity contribution is -0.140. The number of nitrogens with one attached hydrogen (secondary N) is 1. The standard InChI is InChI=1S/C35H37Cl2N3O5S/c1-24(2)38-35(42)33(21-26-8-6-5-7-9-26)39(22-27-12-19-31(36)32(37)20-27)34(41)23-40(28-13-10-25(3)11-14-28)46(43,44)30-17-15-29(45-4)16-18-30/h5-20,24,33H,21-23H2,1-4H3,(H,38,42)/t33-/m0/s1. The zero-order chi connectivity index (χ0) is 33.4. The smallest absolute Gasteiger partial charge is 0.264 e. The molecule has 2 amide bonds. The molecule has 4 aromatic rings. The number of anilines is 1. The molecule has 0 aromatic heterocycles. The number of rotatable bonds is 13. The molecule has 46 heavy (non-hydrogen) atoms. The molecular weight excluding hydrogens is 645 g/mol. The maximum Gasteiger partial charge on any atom is 0.264 e. The number of carbonyl (C=O) groups excluding carboxylic acids is 2. The van der Waals surface area contributed by atoms with Crippen molar-refractivity contribution in [2.24, 2.45) is 0 Å². The fourth-order valence-electron chi connectivity index (χ4n) is 4.88. The molecule has 11 heteroatoms. The second-order valence-corrected chi connectivity index (χ2v) is 13.8. The summed E-state index contributed by atoms with van der Waals surface area (Å²) in [5, 5.41) is 3.58. The van der Waals surface area contributed by atoms with Crippen LogP contribution < -0.4 is 14.4 Å². The van der Waals surface area contributed by atoms with Gasteiger partial charge < -0.3 is 15.0 Å². The largest absolute Gasteiger partial charge is 0.497 e. The first kappa shape index (κ1) is 34.8. The van der Waals surface area contributed by atoms with Gasteiger partial charge in [0.25, 0.3) is 10.0 Å². The van der Waals surface area contributed by atoms with Gasteiger partial charge in [-0.2, -0.15) is 0 Å². The van der Waals surface area contributed by atoms with Crippen LogP contribution in [0.5, 0.6) is 5.75 Å². The van der Waals surface area contributed by atoms with Crippen molar-refractivity contribution in [1.29, 1.82) is 0 Å². The van der Waals surface area contributed by atoms with Gasteiger partial charge in [-0.15, -0.1) is 0 Å². The van der Waals surface area contributed by atoms with Gasteiger partial charge in [0.1, 0.15) is 18.3 Å². The number of sulfonamides is 1. The van der Waals surface area contributed by atoms with Crippen LogP contribution in [0.1, 0.15) is 30.5 Å². The molecule has 0 aliphatic carbocycles. The molecule has 0 radical (unpaired) electrons. The summed E-state index contributed by atoms with van der Waals surface area (Å²) in [4.78, 5) is 29.7. The van der Waals surface area contributed by atoms with Crippen molar-refractivity contribution in [2.75, 3.05) is 18.0 Å². The summed E-state index contributed by atoms with van der Waals surface area (Å²) in [6, 6.07) is 26.0. The SMILES string of the molecule is COc1ccc(S(=O)(=O)N(CC(=O)N(Cc2ccc(Cl)c(Cl)c2)[C@@H](Cc2ccccc2)C(=O)NC(C)C)c2ccc(C)cc2)cc1. The molecule has 1 N–H and O–H groups in total. The van der Waals surface area contributed by atoms with E-state index in [0.717, 1.165) is 15.4 Å². The quantitative estimate of drug-likeness (QED) is 0.170. The molecule has 0 heterocycles. The Morgan fingerprint density at radius 1 is 0.848 bits per heavy atom. The average Bonchev–Trinajstić information content (AvgIpc) is 3.03. The Morgan fingerprint density at radius 2 is 1.50 bits per heavy atom. The predicted molar refractivity (Wildman–Crippen MR) is 183 cm³/mol. The molecule has 242 valence electrons. The maximum atomic E-state index is 14.5. The summed E-state index contributed by atoms with van der Waals surface area (Å²) in [6.07, 6.45) is 0.197. The van der Waals surface area contributed by atoms with Gasteiger partial charge in [0.15, 0.2) is 0 Å². The fourth-order valence-corrected chi connectivity index (χ4v) is 6.62. The summed E-state index contributed by atoms with van der Waals surface area (Å²) in [5.74, 6) is -0.458. The van der Waals surface area contributed by atoms with E-state index >= 15 is 0 Å². The van der Waals surface area contributed by atoms with Gasteiger partial charge in [-0.3, -0.25) is 13.9 Å². The predicted octanol–water partition coefficient (Wildman–Crippen LogP) is 6.67. The van der Waals surface area contributed by atoms with Crippen molar-refractivity contribution in [3.63, 3.8) is 0 Å². The Hall–Kier alpha value is -4.05. The van der Waals surface area contributed by atoms with E-state index in [1.165, 1.54) is 24.1 Å². The highest BCUT2D eigenvalue weighted by molar-refractivity contribution is 7.92. The van der Waals surface area contributed by atoms with Gasteiger partial charge in [0.05, 0.1) is 27.7 Å². The molecule has 8 nitrogen and oxygen atoms in total. The summed E-state index contributed by atoms with van der Waals surface area (Å²) in [5.41, 5.74) is 2.68. The molecule has 1 atom stereocenters. The second kappa shape index (κ2) is 15.5. The number of methoxy groups -OCH3 is 1. The molecule has 0 spiro atoms. The van der Waals surface area contributed by atoms with E-state index in [2.05, 4.69) is 5.32 Å². The molecule has 0 saturated carbocycles.